The van der Waals surface area contributed by atoms with Crippen LogP contribution in [-0.2, 0) is 0 Å². The van der Waals surface area contributed by atoms with Gasteiger partial charge in [0.2, 0.25) is 0 Å². The first kappa shape index (κ1) is 12.2. The molecule has 0 saturated carbocycles. The number of rotatable bonds is 3. The second-order valence-electron chi connectivity index (χ2n) is 4.27. The van der Waals surface area contributed by atoms with Crippen molar-refractivity contribution in [2.45, 2.75) is 13.8 Å². The molecule has 0 bridgehead atoms. The van der Waals surface area contributed by atoms with Crippen LogP contribution in [0.15, 0.2) is 42.5 Å². The summed E-state index contributed by atoms with van der Waals surface area (Å²) in [6.07, 6.45) is 0. The number of aryl methyl sites for hydroxylation is 2. The Hall–Kier alpha value is -2.29. The van der Waals surface area contributed by atoms with E-state index >= 15 is 0 Å². The van der Waals surface area contributed by atoms with Crippen molar-refractivity contribution in [3.05, 3.63) is 59.2 Å². The minimum absolute atomic E-state index is 0.327. The first-order chi connectivity index (χ1) is 8.58. The highest BCUT2D eigenvalue weighted by Crippen LogP contribution is 2.22. The summed E-state index contributed by atoms with van der Waals surface area (Å²) in [5, 5.41) is 12.3. The molecular formula is C15H15NO2. The van der Waals surface area contributed by atoms with E-state index in [1.165, 1.54) is 0 Å². The van der Waals surface area contributed by atoms with Crippen molar-refractivity contribution in [3.8, 4) is 0 Å². The molecule has 0 saturated heterocycles. The molecule has 0 aliphatic rings. The van der Waals surface area contributed by atoms with Crippen LogP contribution < -0.4 is 5.32 Å². The molecule has 0 unspecified atom stereocenters. The lowest BCUT2D eigenvalue weighted by Crippen LogP contribution is -2.01. The predicted molar refractivity (Wildman–Crippen MR) is 72.6 cm³/mol. The lowest BCUT2D eigenvalue weighted by Gasteiger charge is -2.11. The summed E-state index contributed by atoms with van der Waals surface area (Å²) >= 11 is 0. The van der Waals surface area contributed by atoms with Crippen molar-refractivity contribution in [1.82, 2.24) is 0 Å². The first-order valence-corrected chi connectivity index (χ1v) is 5.74. The van der Waals surface area contributed by atoms with Crippen molar-refractivity contribution >= 4 is 17.3 Å². The summed E-state index contributed by atoms with van der Waals surface area (Å²) in [7, 11) is 0. The first-order valence-electron chi connectivity index (χ1n) is 5.74. The molecule has 0 amide bonds. The molecule has 0 aromatic heterocycles. The maximum Gasteiger partial charge on any atom is 0.336 e. The lowest BCUT2D eigenvalue weighted by molar-refractivity contribution is 0.0696. The summed E-state index contributed by atoms with van der Waals surface area (Å²) in [6, 6.07) is 13.2. The number of nitrogens with one attached hydrogen (secondary N) is 1. The predicted octanol–water partition coefficient (Wildman–Crippen LogP) is 3.75. The Balaban J connectivity index is 2.33. The third kappa shape index (κ3) is 2.51. The van der Waals surface area contributed by atoms with Crippen molar-refractivity contribution < 1.29 is 9.90 Å². The topological polar surface area (TPSA) is 49.3 Å². The second kappa shape index (κ2) is 4.92. The monoisotopic (exact) mass is 241 g/mol. The highest BCUT2D eigenvalue weighted by Gasteiger charge is 2.08. The van der Waals surface area contributed by atoms with Crippen molar-refractivity contribution in [2.24, 2.45) is 0 Å². The summed E-state index contributed by atoms with van der Waals surface area (Å²) < 4.78 is 0. The number of carboxylic acid groups (broad SMARTS) is 1. The number of hydrogen-bond donors (Lipinski definition) is 2. The molecule has 0 aliphatic heterocycles. The number of anilines is 2. The van der Waals surface area contributed by atoms with Crippen LogP contribution in [-0.4, -0.2) is 11.1 Å². The number of benzene rings is 2. The second-order valence-corrected chi connectivity index (χ2v) is 4.27. The molecule has 3 heteroatoms. The Morgan fingerprint density at radius 1 is 1.06 bits per heavy atom. The number of aromatic carboxylic acids is 1. The van der Waals surface area contributed by atoms with E-state index in [1.54, 1.807) is 13.0 Å². The average Bonchev–Trinajstić information content (AvgIpc) is 2.34. The van der Waals surface area contributed by atoms with E-state index in [-0.39, 0.29) is 0 Å². The van der Waals surface area contributed by atoms with E-state index in [0.717, 1.165) is 22.5 Å². The van der Waals surface area contributed by atoms with Crippen LogP contribution in [0, 0.1) is 13.8 Å². The van der Waals surface area contributed by atoms with Gasteiger partial charge in [-0.25, -0.2) is 4.79 Å². The Morgan fingerprint density at radius 2 is 1.78 bits per heavy atom. The zero-order valence-corrected chi connectivity index (χ0v) is 10.4. The van der Waals surface area contributed by atoms with Gasteiger partial charge >= 0.3 is 5.97 Å². The molecule has 2 N–H and O–H groups in total. The molecule has 18 heavy (non-hydrogen) atoms. The van der Waals surface area contributed by atoms with E-state index < -0.39 is 5.97 Å². The largest absolute Gasteiger partial charge is 0.478 e. The van der Waals surface area contributed by atoms with Crippen LogP contribution in [0.1, 0.15) is 21.5 Å². The molecular weight excluding hydrogens is 226 g/mol. The summed E-state index contributed by atoms with van der Waals surface area (Å²) in [4.78, 5) is 11.1. The van der Waals surface area contributed by atoms with Gasteiger partial charge in [-0.15, -0.1) is 0 Å². The third-order valence-electron chi connectivity index (χ3n) is 2.89. The molecule has 3 nitrogen and oxygen atoms in total. The maximum absolute atomic E-state index is 11.1. The Labute approximate surface area is 106 Å². The number of para-hydroxylation sites is 1. The minimum atomic E-state index is -0.902. The van der Waals surface area contributed by atoms with Crippen LogP contribution in [0.4, 0.5) is 11.4 Å². The van der Waals surface area contributed by atoms with Crippen molar-refractivity contribution in [3.63, 3.8) is 0 Å². The van der Waals surface area contributed by atoms with Gasteiger partial charge in [0.1, 0.15) is 0 Å². The van der Waals surface area contributed by atoms with Crippen LogP contribution in [0.25, 0.3) is 0 Å². The highest BCUT2D eigenvalue weighted by molar-refractivity contribution is 5.90. The summed E-state index contributed by atoms with van der Waals surface area (Å²) in [5.41, 5.74) is 3.98. The number of carbonyl (C=O) groups is 1. The van der Waals surface area contributed by atoms with Crippen LogP contribution in [0.5, 0.6) is 0 Å². The van der Waals surface area contributed by atoms with Crippen molar-refractivity contribution in [1.29, 1.82) is 0 Å². The van der Waals surface area contributed by atoms with Crippen LogP contribution in [0.2, 0.25) is 0 Å². The lowest BCUT2D eigenvalue weighted by atomic mass is 10.1. The van der Waals surface area contributed by atoms with E-state index in [2.05, 4.69) is 5.32 Å². The Bertz CT molecular complexity index is 591. The smallest absolute Gasteiger partial charge is 0.336 e. The van der Waals surface area contributed by atoms with E-state index in [0.29, 0.717) is 5.56 Å². The zero-order valence-electron chi connectivity index (χ0n) is 10.4. The number of carboxylic acids is 1. The normalized spacial score (nSPS) is 10.1. The van der Waals surface area contributed by atoms with Gasteiger partial charge < -0.3 is 10.4 Å². The van der Waals surface area contributed by atoms with E-state index in [1.807, 2.05) is 43.3 Å². The van der Waals surface area contributed by atoms with E-state index in [4.69, 9.17) is 5.11 Å². The van der Waals surface area contributed by atoms with Gasteiger partial charge in [-0.05, 0) is 43.2 Å². The molecule has 0 heterocycles. The SMILES string of the molecule is Cc1ccccc1Nc1ccc(C)c(C(=O)O)c1. The third-order valence-corrected chi connectivity index (χ3v) is 2.89. The van der Waals surface area contributed by atoms with Gasteiger partial charge in [-0.3, -0.25) is 0 Å². The molecule has 2 rings (SSSR count). The quantitative estimate of drug-likeness (QED) is 0.860. The van der Waals surface area contributed by atoms with Crippen molar-refractivity contribution in [2.75, 3.05) is 5.32 Å². The molecule has 0 radical (unpaired) electrons. The van der Waals surface area contributed by atoms with Gasteiger partial charge in [-0.2, -0.15) is 0 Å². The van der Waals surface area contributed by atoms with Gasteiger partial charge in [0.05, 0.1) is 5.56 Å². The molecule has 92 valence electrons. The van der Waals surface area contributed by atoms with Crippen LogP contribution in [0.3, 0.4) is 0 Å². The molecule has 0 spiro atoms. The standard InChI is InChI=1S/C15H15NO2/c1-10-7-8-12(9-13(10)15(17)18)16-14-6-4-3-5-11(14)2/h3-9,16H,1-2H3,(H,17,18). The fourth-order valence-electron chi connectivity index (χ4n) is 1.80. The Kier molecular flexibility index (Phi) is 3.33. The van der Waals surface area contributed by atoms with Gasteiger partial charge in [0.15, 0.2) is 0 Å². The maximum atomic E-state index is 11.1. The molecule has 0 aliphatic carbocycles. The molecule has 0 fully saturated rings. The fraction of sp³-hybridized carbons (Fsp3) is 0.133. The minimum Gasteiger partial charge on any atom is -0.478 e. The summed E-state index contributed by atoms with van der Waals surface area (Å²) in [6.45, 7) is 3.80. The zero-order chi connectivity index (χ0) is 13.1. The van der Waals surface area contributed by atoms with Crippen LogP contribution >= 0.6 is 0 Å². The van der Waals surface area contributed by atoms with Gasteiger partial charge in [0, 0.05) is 11.4 Å². The molecule has 2 aromatic rings. The van der Waals surface area contributed by atoms with E-state index in [9.17, 15) is 4.79 Å². The molecule has 0 atom stereocenters. The number of hydrogen-bond acceptors (Lipinski definition) is 2. The summed E-state index contributed by atoms with van der Waals surface area (Å²) in [5.74, 6) is -0.902. The average molecular weight is 241 g/mol. The highest BCUT2D eigenvalue weighted by atomic mass is 16.4. The van der Waals surface area contributed by atoms with Gasteiger partial charge in [0.25, 0.3) is 0 Å². The van der Waals surface area contributed by atoms with Gasteiger partial charge in [-0.1, -0.05) is 24.3 Å². The molecule has 2 aromatic carbocycles. The fourth-order valence-corrected chi connectivity index (χ4v) is 1.80. The Morgan fingerprint density at radius 3 is 2.44 bits per heavy atom.